The van der Waals surface area contributed by atoms with Gasteiger partial charge in [0.2, 0.25) is 0 Å². The topological polar surface area (TPSA) is 57.0 Å². The Morgan fingerprint density at radius 2 is 2.31 bits per heavy atom. The molecule has 0 aliphatic carbocycles. The second-order valence-corrected chi connectivity index (χ2v) is 4.82. The maximum Gasteiger partial charge on any atom is 0.319 e. The van der Waals surface area contributed by atoms with E-state index in [4.69, 9.17) is 4.74 Å². The summed E-state index contributed by atoms with van der Waals surface area (Å²) in [6, 6.07) is 0.285. The third kappa shape index (κ3) is 2.98. The van der Waals surface area contributed by atoms with Gasteiger partial charge >= 0.3 is 5.97 Å². The Morgan fingerprint density at radius 1 is 1.62 bits per heavy atom. The van der Waals surface area contributed by atoms with Crippen LogP contribution in [0.2, 0.25) is 0 Å². The van der Waals surface area contributed by atoms with E-state index in [1.807, 2.05) is 25.3 Å². The van der Waals surface area contributed by atoms with Gasteiger partial charge in [-0.3, -0.25) is 4.79 Å². The van der Waals surface area contributed by atoms with Crippen LogP contribution in [0.4, 0.5) is 0 Å². The largest absolute Gasteiger partial charge is 0.468 e. The molecule has 5 nitrogen and oxygen atoms in total. The molecule has 0 aliphatic heterocycles. The number of aromatic nitrogens is 3. The van der Waals surface area contributed by atoms with Gasteiger partial charge in [-0.15, -0.1) is 10.2 Å². The molecule has 1 atom stereocenters. The van der Waals surface area contributed by atoms with E-state index < -0.39 is 0 Å². The van der Waals surface area contributed by atoms with Crippen molar-refractivity contribution in [1.29, 1.82) is 0 Å². The first kappa shape index (κ1) is 13.0. The van der Waals surface area contributed by atoms with Crippen molar-refractivity contribution < 1.29 is 9.53 Å². The zero-order valence-corrected chi connectivity index (χ0v) is 10.8. The van der Waals surface area contributed by atoms with Crippen molar-refractivity contribution in [3.63, 3.8) is 0 Å². The van der Waals surface area contributed by atoms with E-state index >= 15 is 0 Å². The number of hydrogen-bond acceptors (Lipinski definition) is 5. The Labute approximate surface area is 99.6 Å². The highest BCUT2D eigenvalue weighted by Crippen LogP contribution is 2.26. The predicted molar refractivity (Wildman–Crippen MR) is 62.4 cm³/mol. The molecular weight excluding hydrogens is 226 g/mol. The second kappa shape index (κ2) is 5.89. The molecule has 16 heavy (non-hydrogen) atoms. The molecule has 1 rings (SSSR count). The average Bonchev–Trinajstić information content (AvgIpc) is 2.72. The lowest BCUT2D eigenvalue weighted by Crippen LogP contribution is -2.18. The fourth-order valence-corrected chi connectivity index (χ4v) is 2.31. The number of carbonyl (C=O) groups excluding carboxylic acids is 1. The van der Waals surface area contributed by atoms with E-state index in [1.54, 1.807) is 6.33 Å². The zero-order valence-electron chi connectivity index (χ0n) is 10.0. The Bertz CT molecular complexity index is 352. The van der Waals surface area contributed by atoms with Gasteiger partial charge in [-0.05, 0) is 20.3 Å². The van der Waals surface area contributed by atoms with Crippen LogP contribution in [0.25, 0.3) is 0 Å². The number of ether oxygens (including phenoxy) is 1. The van der Waals surface area contributed by atoms with Gasteiger partial charge < -0.3 is 9.30 Å². The first-order chi connectivity index (χ1) is 7.60. The van der Waals surface area contributed by atoms with E-state index in [2.05, 4.69) is 10.2 Å². The van der Waals surface area contributed by atoms with Crippen LogP contribution in [0, 0.1) is 0 Å². The van der Waals surface area contributed by atoms with Crippen molar-refractivity contribution in [2.24, 2.45) is 0 Å². The first-order valence-electron chi connectivity index (χ1n) is 5.24. The summed E-state index contributed by atoms with van der Waals surface area (Å²) in [6.07, 6.45) is 2.39. The van der Waals surface area contributed by atoms with Gasteiger partial charge in [0.05, 0.1) is 7.11 Å². The van der Waals surface area contributed by atoms with Gasteiger partial charge in [-0.25, -0.2) is 0 Å². The van der Waals surface area contributed by atoms with E-state index in [0.717, 1.165) is 5.16 Å². The lowest BCUT2D eigenvalue weighted by molar-refractivity contribution is -0.140. The van der Waals surface area contributed by atoms with Crippen molar-refractivity contribution in [2.75, 3.05) is 7.11 Å². The predicted octanol–water partition coefficient (Wildman–Crippen LogP) is 1.90. The molecule has 6 heteroatoms. The summed E-state index contributed by atoms with van der Waals surface area (Å²) in [6.45, 7) is 6.05. The summed E-state index contributed by atoms with van der Waals surface area (Å²) >= 11 is 1.40. The lowest BCUT2D eigenvalue weighted by Gasteiger charge is -2.13. The molecule has 0 bridgehead atoms. The standard InChI is InChI=1S/C10H17N3O2S/c1-5-8(9(14)15-4)16-10-12-11-6-13(10)7(2)3/h6-8H,5H2,1-4H3. The molecule has 0 spiro atoms. The van der Waals surface area contributed by atoms with E-state index in [-0.39, 0.29) is 17.3 Å². The molecule has 0 saturated carbocycles. The van der Waals surface area contributed by atoms with Crippen LogP contribution < -0.4 is 0 Å². The summed E-state index contributed by atoms with van der Waals surface area (Å²) in [5, 5.41) is 8.41. The lowest BCUT2D eigenvalue weighted by atomic mass is 10.3. The quantitative estimate of drug-likeness (QED) is 0.584. The van der Waals surface area contributed by atoms with Gasteiger partial charge in [0.25, 0.3) is 0 Å². The molecule has 90 valence electrons. The molecule has 0 aromatic carbocycles. The van der Waals surface area contributed by atoms with Crippen molar-refractivity contribution in [3.8, 4) is 0 Å². The minimum atomic E-state index is -0.217. The minimum absolute atomic E-state index is 0.216. The number of rotatable bonds is 5. The number of methoxy groups -OCH3 is 1. The molecule has 1 aromatic heterocycles. The SMILES string of the molecule is CCC(Sc1nncn1C(C)C)C(=O)OC. The van der Waals surface area contributed by atoms with Gasteiger partial charge in [0.15, 0.2) is 5.16 Å². The average molecular weight is 243 g/mol. The van der Waals surface area contributed by atoms with E-state index in [0.29, 0.717) is 6.42 Å². The molecular formula is C10H17N3O2S. The summed E-state index contributed by atoms with van der Waals surface area (Å²) in [4.78, 5) is 11.4. The number of nitrogens with zero attached hydrogens (tertiary/aromatic N) is 3. The zero-order chi connectivity index (χ0) is 12.1. The summed E-state index contributed by atoms with van der Waals surface area (Å²) in [5.41, 5.74) is 0. The van der Waals surface area contributed by atoms with Gasteiger partial charge in [0.1, 0.15) is 11.6 Å². The van der Waals surface area contributed by atoms with Crippen LogP contribution in [0.1, 0.15) is 33.2 Å². The maximum absolute atomic E-state index is 11.4. The molecule has 1 unspecified atom stereocenters. The van der Waals surface area contributed by atoms with E-state index in [1.165, 1.54) is 18.9 Å². The molecule has 0 saturated heterocycles. The van der Waals surface area contributed by atoms with Crippen molar-refractivity contribution in [1.82, 2.24) is 14.8 Å². The van der Waals surface area contributed by atoms with Crippen molar-refractivity contribution >= 4 is 17.7 Å². The fraction of sp³-hybridized carbons (Fsp3) is 0.700. The fourth-order valence-electron chi connectivity index (χ4n) is 1.23. The second-order valence-electron chi connectivity index (χ2n) is 3.65. The highest BCUT2D eigenvalue weighted by Gasteiger charge is 2.21. The number of carbonyl (C=O) groups is 1. The van der Waals surface area contributed by atoms with Crippen LogP contribution >= 0.6 is 11.8 Å². The third-order valence-electron chi connectivity index (χ3n) is 2.18. The van der Waals surface area contributed by atoms with Crippen LogP contribution in [0.5, 0.6) is 0 Å². The molecule has 0 aliphatic rings. The minimum Gasteiger partial charge on any atom is -0.468 e. The third-order valence-corrected chi connectivity index (χ3v) is 3.49. The molecule has 0 radical (unpaired) electrons. The van der Waals surface area contributed by atoms with Crippen LogP contribution in [0.15, 0.2) is 11.5 Å². The maximum atomic E-state index is 11.4. The molecule has 0 N–H and O–H groups in total. The smallest absolute Gasteiger partial charge is 0.319 e. The van der Waals surface area contributed by atoms with E-state index in [9.17, 15) is 4.79 Å². The normalized spacial score (nSPS) is 12.8. The van der Waals surface area contributed by atoms with Crippen LogP contribution in [-0.2, 0) is 9.53 Å². The molecule has 1 heterocycles. The highest BCUT2D eigenvalue weighted by atomic mass is 32.2. The molecule has 0 amide bonds. The first-order valence-corrected chi connectivity index (χ1v) is 6.12. The highest BCUT2D eigenvalue weighted by molar-refractivity contribution is 8.00. The van der Waals surface area contributed by atoms with Crippen LogP contribution in [0.3, 0.4) is 0 Å². The summed E-state index contributed by atoms with van der Waals surface area (Å²) in [7, 11) is 1.40. The summed E-state index contributed by atoms with van der Waals surface area (Å²) in [5.74, 6) is -0.217. The number of thioether (sulfide) groups is 1. The van der Waals surface area contributed by atoms with Crippen molar-refractivity contribution in [2.45, 2.75) is 43.6 Å². The van der Waals surface area contributed by atoms with Crippen molar-refractivity contribution in [3.05, 3.63) is 6.33 Å². The monoisotopic (exact) mass is 243 g/mol. The van der Waals surface area contributed by atoms with Crippen LogP contribution in [-0.4, -0.2) is 33.1 Å². The molecule has 0 fully saturated rings. The Balaban J connectivity index is 2.78. The van der Waals surface area contributed by atoms with Gasteiger partial charge in [-0.1, -0.05) is 18.7 Å². The van der Waals surface area contributed by atoms with Gasteiger partial charge in [-0.2, -0.15) is 0 Å². The molecule has 1 aromatic rings. The Hall–Kier alpha value is -1.04. The number of hydrogen-bond donors (Lipinski definition) is 0. The van der Waals surface area contributed by atoms with Gasteiger partial charge in [0, 0.05) is 6.04 Å². The Morgan fingerprint density at radius 3 is 2.81 bits per heavy atom. The number of esters is 1. The summed E-state index contributed by atoms with van der Waals surface area (Å²) < 4.78 is 6.68. The Kier molecular flexibility index (Phi) is 4.79.